The van der Waals surface area contributed by atoms with Crippen LogP contribution < -0.4 is 15.2 Å². The van der Waals surface area contributed by atoms with Crippen molar-refractivity contribution in [3.8, 4) is 11.5 Å². The van der Waals surface area contributed by atoms with Gasteiger partial charge in [0.05, 0.1) is 13.2 Å². The number of benzene rings is 1. The summed E-state index contributed by atoms with van der Waals surface area (Å²) in [5, 5.41) is 0. The number of hydrogen-bond donors (Lipinski definition) is 1. The smallest absolute Gasteiger partial charge is 0.459 e. The molecule has 0 radical (unpaired) electrons. The average molecular weight is 512 g/mol. The highest BCUT2D eigenvalue weighted by atomic mass is 16.7. The number of ether oxygens (including phenoxy) is 6. The van der Waals surface area contributed by atoms with E-state index in [0.717, 1.165) is 6.42 Å². The van der Waals surface area contributed by atoms with Gasteiger partial charge in [0, 0.05) is 6.42 Å². The molecule has 0 spiro atoms. The van der Waals surface area contributed by atoms with Gasteiger partial charge >= 0.3 is 24.2 Å². The van der Waals surface area contributed by atoms with Crippen LogP contribution in [0.2, 0.25) is 0 Å². The van der Waals surface area contributed by atoms with Gasteiger partial charge in [-0.2, -0.15) is 0 Å². The third-order valence-electron chi connectivity index (χ3n) is 5.17. The van der Waals surface area contributed by atoms with Crippen LogP contribution in [0.5, 0.6) is 11.5 Å². The number of nitrogens with two attached hydrogens (primary N) is 1. The van der Waals surface area contributed by atoms with Gasteiger partial charge in [-0.3, -0.25) is 9.59 Å². The van der Waals surface area contributed by atoms with Gasteiger partial charge in [0.25, 0.3) is 0 Å². The minimum absolute atomic E-state index is 0.0204. The number of carbonyl (C=O) groups excluding carboxylic acids is 4. The molecule has 1 rings (SSSR count). The lowest BCUT2D eigenvalue weighted by atomic mass is 10.1. The van der Waals surface area contributed by atoms with Crippen molar-refractivity contribution in [2.24, 2.45) is 11.7 Å². The van der Waals surface area contributed by atoms with E-state index in [4.69, 9.17) is 34.2 Å². The minimum atomic E-state index is -1.07. The summed E-state index contributed by atoms with van der Waals surface area (Å²) in [6.45, 7) is 10.6. The maximum atomic E-state index is 12.5. The van der Waals surface area contributed by atoms with Crippen molar-refractivity contribution in [3.05, 3.63) is 23.8 Å². The molecule has 0 heterocycles. The zero-order valence-electron chi connectivity index (χ0n) is 21.7. The van der Waals surface area contributed by atoms with Crippen LogP contribution >= 0.6 is 0 Å². The van der Waals surface area contributed by atoms with Crippen LogP contribution in [0, 0.1) is 5.92 Å². The molecule has 11 nitrogen and oxygen atoms in total. The van der Waals surface area contributed by atoms with Gasteiger partial charge < -0.3 is 34.2 Å². The van der Waals surface area contributed by atoms with E-state index in [2.05, 4.69) is 0 Å². The predicted octanol–water partition coefficient (Wildman–Crippen LogP) is 3.93. The molecule has 11 heteroatoms. The van der Waals surface area contributed by atoms with E-state index >= 15 is 0 Å². The largest absolute Gasteiger partial charge is 0.513 e. The second-order valence-corrected chi connectivity index (χ2v) is 8.22. The Hall–Kier alpha value is -3.34. The summed E-state index contributed by atoms with van der Waals surface area (Å²) < 4.78 is 30.4. The molecule has 0 fully saturated rings. The highest BCUT2D eigenvalue weighted by molar-refractivity contribution is 5.76. The van der Waals surface area contributed by atoms with E-state index in [1.807, 2.05) is 13.8 Å². The third-order valence-corrected chi connectivity index (χ3v) is 5.17. The van der Waals surface area contributed by atoms with E-state index in [0.29, 0.717) is 5.56 Å². The van der Waals surface area contributed by atoms with E-state index in [1.54, 1.807) is 33.8 Å². The van der Waals surface area contributed by atoms with Gasteiger partial charge in [-0.15, -0.1) is 0 Å². The van der Waals surface area contributed by atoms with E-state index in [9.17, 15) is 19.2 Å². The zero-order valence-corrected chi connectivity index (χ0v) is 21.7. The Kier molecular flexibility index (Phi) is 13.3. The number of rotatable bonds is 13. The van der Waals surface area contributed by atoms with Crippen LogP contribution in [0.1, 0.15) is 59.9 Å². The molecule has 0 amide bonds. The van der Waals surface area contributed by atoms with Crippen molar-refractivity contribution in [3.63, 3.8) is 0 Å². The minimum Gasteiger partial charge on any atom is -0.459 e. The molecular formula is C25H37NO10. The first-order valence-electron chi connectivity index (χ1n) is 12.0. The molecule has 0 saturated heterocycles. The van der Waals surface area contributed by atoms with Crippen molar-refractivity contribution in [2.45, 2.75) is 79.1 Å². The van der Waals surface area contributed by atoms with Gasteiger partial charge in [-0.25, -0.2) is 9.59 Å². The highest BCUT2D eigenvalue weighted by Crippen LogP contribution is 2.30. The summed E-state index contributed by atoms with van der Waals surface area (Å²) in [7, 11) is 0. The number of esters is 2. The van der Waals surface area contributed by atoms with E-state index in [-0.39, 0.29) is 49.4 Å². The fourth-order valence-electron chi connectivity index (χ4n) is 2.80. The topological polar surface area (TPSA) is 150 Å². The monoisotopic (exact) mass is 511 g/mol. The predicted molar refractivity (Wildman–Crippen MR) is 129 cm³/mol. The lowest BCUT2D eigenvalue weighted by Crippen LogP contribution is -2.39. The second-order valence-electron chi connectivity index (χ2n) is 8.22. The Morgan fingerprint density at radius 3 is 1.94 bits per heavy atom. The van der Waals surface area contributed by atoms with Gasteiger partial charge in [0.1, 0.15) is 18.2 Å². The molecule has 1 aromatic carbocycles. The summed E-state index contributed by atoms with van der Waals surface area (Å²) in [5.41, 5.74) is 6.52. The normalized spacial score (nSPS) is 14.0. The quantitative estimate of drug-likeness (QED) is 0.233. The Labute approximate surface area is 211 Å². The molecule has 36 heavy (non-hydrogen) atoms. The van der Waals surface area contributed by atoms with Crippen molar-refractivity contribution in [1.82, 2.24) is 0 Å². The van der Waals surface area contributed by atoms with Crippen LogP contribution in [-0.4, -0.2) is 55.7 Å². The fraction of sp³-hybridized carbons (Fsp3) is 0.600. The highest BCUT2D eigenvalue weighted by Gasteiger charge is 2.25. The summed E-state index contributed by atoms with van der Waals surface area (Å²) in [6, 6.07) is 3.24. The molecule has 1 aromatic rings. The molecule has 2 N–H and O–H groups in total. The van der Waals surface area contributed by atoms with Gasteiger partial charge in [0.15, 0.2) is 11.5 Å². The van der Waals surface area contributed by atoms with Gasteiger partial charge in [0.2, 0.25) is 0 Å². The van der Waals surface area contributed by atoms with Crippen molar-refractivity contribution >= 4 is 24.2 Å². The molecular weight excluding hydrogens is 474 g/mol. The van der Waals surface area contributed by atoms with Crippen molar-refractivity contribution in [2.75, 3.05) is 13.2 Å². The van der Waals surface area contributed by atoms with E-state index < -0.39 is 36.5 Å². The summed E-state index contributed by atoms with van der Waals surface area (Å²) in [4.78, 5) is 48.0. The fourth-order valence-corrected chi connectivity index (χ4v) is 2.80. The Bertz CT molecular complexity index is 888. The van der Waals surface area contributed by atoms with Crippen LogP contribution in [-0.2, 0) is 35.0 Å². The van der Waals surface area contributed by atoms with Crippen LogP contribution in [0.4, 0.5) is 9.59 Å². The first-order valence-corrected chi connectivity index (χ1v) is 12.0. The number of carbonyl (C=O) groups is 4. The van der Waals surface area contributed by atoms with Crippen LogP contribution in [0.25, 0.3) is 0 Å². The molecule has 0 bridgehead atoms. The molecule has 202 valence electrons. The van der Waals surface area contributed by atoms with Crippen LogP contribution in [0.3, 0.4) is 0 Å². The molecule has 0 aliphatic heterocycles. The summed E-state index contributed by atoms with van der Waals surface area (Å²) in [6.07, 6.45) is -2.19. The Balaban J connectivity index is 2.83. The summed E-state index contributed by atoms with van der Waals surface area (Å²) in [5.74, 6) is -1.06. The van der Waals surface area contributed by atoms with Gasteiger partial charge in [-0.1, -0.05) is 26.3 Å². The van der Waals surface area contributed by atoms with Crippen molar-refractivity contribution in [1.29, 1.82) is 0 Å². The lowest BCUT2D eigenvalue weighted by molar-refractivity contribution is -0.166. The van der Waals surface area contributed by atoms with E-state index in [1.165, 1.54) is 12.1 Å². The molecule has 1 unspecified atom stereocenters. The summed E-state index contributed by atoms with van der Waals surface area (Å²) >= 11 is 0. The maximum absolute atomic E-state index is 12.5. The molecule has 0 aliphatic rings. The average Bonchev–Trinajstić information content (AvgIpc) is 2.80. The Morgan fingerprint density at radius 2 is 1.39 bits per heavy atom. The Morgan fingerprint density at radius 1 is 0.833 bits per heavy atom. The first-order chi connectivity index (χ1) is 17.0. The standard InChI is InChI=1S/C25H37NO10/c1-7-15(4)12-22(27)33-16(5)17(6)34-23(28)19(26)13-18-10-11-20(35-24(29)31-8-2)21(14-18)36-25(30)32-9-3/h10-11,14-17,19H,7-9,12-13,26H2,1-6H3/t15?,16-,17-,19-/m0/s1. The maximum Gasteiger partial charge on any atom is 0.513 e. The van der Waals surface area contributed by atoms with Gasteiger partial charge in [-0.05, 0) is 57.7 Å². The molecule has 0 aliphatic carbocycles. The van der Waals surface area contributed by atoms with Crippen LogP contribution in [0.15, 0.2) is 18.2 Å². The van der Waals surface area contributed by atoms with Crippen molar-refractivity contribution < 1.29 is 47.6 Å². The zero-order chi connectivity index (χ0) is 27.3. The lowest BCUT2D eigenvalue weighted by Gasteiger charge is -2.23. The molecule has 0 aromatic heterocycles. The second kappa shape index (κ2) is 15.6. The third kappa shape index (κ3) is 10.9. The first kappa shape index (κ1) is 30.7. The SMILES string of the molecule is CCOC(=O)Oc1ccc(C[C@H](N)C(=O)O[C@@H](C)[C@H](C)OC(=O)CC(C)CC)cc1OC(=O)OCC. The molecule has 0 saturated carbocycles. The number of hydrogen-bond acceptors (Lipinski definition) is 11. The molecule has 4 atom stereocenters.